The minimum absolute atomic E-state index is 0.0168. The summed E-state index contributed by atoms with van der Waals surface area (Å²) < 4.78 is 15.0. The number of aryl methyl sites for hydroxylation is 1. The van der Waals surface area contributed by atoms with E-state index in [1.165, 1.54) is 0 Å². The van der Waals surface area contributed by atoms with Crippen molar-refractivity contribution in [2.75, 3.05) is 14.2 Å². The number of rotatable bonds is 5. The van der Waals surface area contributed by atoms with E-state index in [2.05, 4.69) is 19.7 Å². The summed E-state index contributed by atoms with van der Waals surface area (Å²) in [6.07, 6.45) is 7.58. The predicted molar refractivity (Wildman–Crippen MR) is 118 cm³/mol. The Morgan fingerprint density at radius 2 is 1.88 bits per heavy atom. The minimum atomic E-state index is 0.0168. The van der Waals surface area contributed by atoms with Gasteiger partial charge in [-0.1, -0.05) is 12.8 Å². The maximum Gasteiger partial charge on any atom is 0.272 e. The van der Waals surface area contributed by atoms with Gasteiger partial charge in [-0.25, -0.2) is 4.98 Å². The standard InChI is InChI=1S/C23H28N6O3/c1-4-27-14-24-12-18(27)23(30)28-13-21-25-26-22(29(21)17-8-6-5-7-16(17)28)15-9-10-19(31-2)20(11-15)32-3/h9-12,14,16-17H,4-8,13H2,1-3H3/t16-,17+/m1/s1. The van der Waals surface area contributed by atoms with Crippen LogP contribution in [0.2, 0.25) is 0 Å². The van der Waals surface area contributed by atoms with E-state index in [0.29, 0.717) is 30.3 Å². The van der Waals surface area contributed by atoms with Crippen LogP contribution in [0.3, 0.4) is 0 Å². The van der Waals surface area contributed by atoms with Crippen molar-refractivity contribution in [1.82, 2.24) is 29.2 Å². The van der Waals surface area contributed by atoms with Gasteiger partial charge in [0.15, 0.2) is 23.1 Å². The average molecular weight is 437 g/mol. The van der Waals surface area contributed by atoms with E-state index in [1.54, 1.807) is 26.7 Å². The molecule has 5 rings (SSSR count). The van der Waals surface area contributed by atoms with E-state index < -0.39 is 0 Å². The fraction of sp³-hybridized carbons (Fsp3) is 0.478. The second-order valence-corrected chi connectivity index (χ2v) is 8.30. The third-order valence-electron chi connectivity index (χ3n) is 6.68. The van der Waals surface area contributed by atoms with Crippen LogP contribution in [0.15, 0.2) is 30.7 Å². The number of hydrogen-bond donors (Lipinski definition) is 0. The molecule has 0 radical (unpaired) electrons. The zero-order valence-electron chi connectivity index (χ0n) is 18.7. The van der Waals surface area contributed by atoms with Gasteiger partial charge in [0, 0.05) is 12.1 Å². The lowest BCUT2D eigenvalue weighted by Gasteiger charge is -2.44. The Labute approximate surface area is 187 Å². The van der Waals surface area contributed by atoms with Gasteiger partial charge in [-0.2, -0.15) is 0 Å². The van der Waals surface area contributed by atoms with Crippen molar-refractivity contribution in [3.8, 4) is 22.9 Å². The molecule has 0 unspecified atom stereocenters. The number of nitrogens with zero attached hydrogens (tertiary/aromatic N) is 6. The summed E-state index contributed by atoms with van der Waals surface area (Å²) in [6.45, 7) is 3.17. The van der Waals surface area contributed by atoms with Gasteiger partial charge in [0.25, 0.3) is 5.91 Å². The van der Waals surface area contributed by atoms with Crippen LogP contribution >= 0.6 is 0 Å². The highest BCUT2D eigenvalue weighted by atomic mass is 16.5. The number of hydrogen-bond acceptors (Lipinski definition) is 6. The number of carbonyl (C=O) groups excluding carboxylic acids is 1. The largest absolute Gasteiger partial charge is 0.493 e. The molecule has 0 spiro atoms. The van der Waals surface area contributed by atoms with Gasteiger partial charge in [0.2, 0.25) is 0 Å². The molecule has 1 aromatic carbocycles. The van der Waals surface area contributed by atoms with E-state index in [-0.39, 0.29) is 18.0 Å². The van der Waals surface area contributed by atoms with Crippen LogP contribution in [0, 0.1) is 0 Å². The highest BCUT2D eigenvalue weighted by Crippen LogP contribution is 2.41. The zero-order chi connectivity index (χ0) is 22.2. The van der Waals surface area contributed by atoms with Crippen LogP contribution in [0.5, 0.6) is 11.5 Å². The van der Waals surface area contributed by atoms with Crippen molar-refractivity contribution >= 4 is 5.91 Å². The lowest BCUT2D eigenvalue weighted by molar-refractivity contribution is 0.0410. The molecule has 1 saturated carbocycles. The molecular formula is C23H28N6O3. The number of carbonyl (C=O) groups is 1. The molecule has 168 valence electrons. The van der Waals surface area contributed by atoms with E-state index in [4.69, 9.17) is 9.47 Å². The summed E-state index contributed by atoms with van der Waals surface area (Å²) in [5, 5.41) is 9.04. The second kappa shape index (κ2) is 8.29. The number of ether oxygens (including phenoxy) is 2. The Hall–Kier alpha value is -3.36. The molecule has 9 nitrogen and oxygen atoms in total. The van der Waals surface area contributed by atoms with Gasteiger partial charge in [-0.05, 0) is 38.0 Å². The lowest BCUT2D eigenvalue weighted by Crippen LogP contribution is -2.51. The first-order valence-corrected chi connectivity index (χ1v) is 11.1. The highest BCUT2D eigenvalue weighted by molar-refractivity contribution is 5.92. The monoisotopic (exact) mass is 436 g/mol. The maximum absolute atomic E-state index is 13.5. The summed E-state index contributed by atoms with van der Waals surface area (Å²) in [4.78, 5) is 19.7. The van der Waals surface area contributed by atoms with Crippen LogP contribution in [0.4, 0.5) is 0 Å². The minimum Gasteiger partial charge on any atom is -0.493 e. The topological polar surface area (TPSA) is 87.3 Å². The zero-order valence-corrected chi connectivity index (χ0v) is 18.7. The molecule has 2 aromatic heterocycles. The Bertz CT molecular complexity index is 1140. The van der Waals surface area contributed by atoms with Crippen LogP contribution in [0.1, 0.15) is 55.0 Å². The number of methoxy groups -OCH3 is 2. The predicted octanol–water partition coefficient (Wildman–Crippen LogP) is 3.32. The van der Waals surface area contributed by atoms with E-state index in [0.717, 1.165) is 42.9 Å². The molecule has 1 fully saturated rings. The van der Waals surface area contributed by atoms with Crippen LogP contribution < -0.4 is 9.47 Å². The average Bonchev–Trinajstić information content (AvgIpc) is 3.49. The highest BCUT2D eigenvalue weighted by Gasteiger charge is 2.42. The number of imidazole rings is 1. The second-order valence-electron chi connectivity index (χ2n) is 8.30. The Kier molecular flexibility index (Phi) is 5.32. The molecule has 2 atom stereocenters. The summed E-state index contributed by atoms with van der Waals surface area (Å²) in [5.74, 6) is 2.97. The molecule has 2 aliphatic rings. The normalized spacial score (nSPS) is 19.9. The van der Waals surface area contributed by atoms with Gasteiger partial charge >= 0.3 is 0 Å². The third-order valence-corrected chi connectivity index (χ3v) is 6.68. The third kappa shape index (κ3) is 3.23. The summed E-state index contributed by atoms with van der Waals surface area (Å²) in [7, 11) is 3.25. The lowest BCUT2D eigenvalue weighted by atomic mass is 9.87. The molecule has 1 amide bonds. The van der Waals surface area contributed by atoms with Gasteiger partial charge in [-0.3, -0.25) is 4.79 Å². The van der Waals surface area contributed by atoms with Crippen molar-refractivity contribution in [2.45, 2.75) is 57.8 Å². The van der Waals surface area contributed by atoms with Gasteiger partial charge in [0.05, 0.1) is 45.4 Å². The Balaban J connectivity index is 1.55. The Morgan fingerprint density at radius 3 is 2.62 bits per heavy atom. The molecule has 3 heterocycles. The van der Waals surface area contributed by atoms with Crippen LogP contribution in [-0.2, 0) is 13.1 Å². The molecule has 9 heteroatoms. The molecule has 1 aliphatic heterocycles. The van der Waals surface area contributed by atoms with Gasteiger partial charge < -0.3 is 23.5 Å². The van der Waals surface area contributed by atoms with Crippen molar-refractivity contribution in [3.05, 3.63) is 42.2 Å². The number of aromatic nitrogens is 5. The SMILES string of the molecule is CCn1cncc1C(=O)N1Cc2nnc(-c3ccc(OC)c(OC)c3)n2[C@H]2CCCC[C@H]21. The first-order valence-electron chi connectivity index (χ1n) is 11.1. The first kappa shape index (κ1) is 20.5. The number of amides is 1. The van der Waals surface area contributed by atoms with E-state index in [9.17, 15) is 4.79 Å². The van der Waals surface area contributed by atoms with Crippen molar-refractivity contribution in [3.63, 3.8) is 0 Å². The van der Waals surface area contributed by atoms with Crippen molar-refractivity contribution < 1.29 is 14.3 Å². The maximum atomic E-state index is 13.5. The van der Waals surface area contributed by atoms with Crippen molar-refractivity contribution in [1.29, 1.82) is 0 Å². The quantitative estimate of drug-likeness (QED) is 0.610. The number of fused-ring (bicyclic) bond motifs is 3. The van der Waals surface area contributed by atoms with Crippen LogP contribution in [0.25, 0.3) is 11.4 Å². The molecular weight excluding hydrogens is 408 g/mol. The Morgan fingerprint density at radius 1 is 1.09 bits per heavy atom. The first-order chi connectivity index (χ1) is 15.7. The summed E-state index contributed by atoms with van der Waals surface area (Å²) in [6, 6.07) is 6.06. The van der Waals surface area contributed by atoms with E-state index >= 15 is 0 Å². The molecule has 32 heavy (non-hydrogen) atoms. The number of benzene rings is 1. The van der Waals surface area contributed by atoms with Gasteiger partial charge in [-0.15, -0.1) is 10.2 Å². The molecule has 3 aromatic rings. The van der Waals surface area contributed by atoms with E-state index in [1.807, 2.05) is 34.6 Å². The molecule has 0 bridgehead atoms. The summed E-state index contributed by atoms with van der Waals surface area (Å²) in [5.41, 5.74) is 1.56. The molecule has 0 saturated heterocycles. The van der Waals surface area contributed by atoms with Crippen LogP contribution in [-0.4, -0.2) is 55.4 Å². The fourth-order valence-corrected chi connectivity index (χ4v) is 5.10. The van der Waals surface area contributed by atoms with Crippen molar-refractivity contribution in [2.24, 2.45) is 0 Å². The summed E-state index contributed by atoms with van der Waals surface area (Å²) >= 11 is 0. The fourth-order valence-electron chi connectivity index (χ4n) is 5.10. The molecule has 1 aliphatic carbocycles. The molecule has 0 N–H and O–H groups in total. The van der Waals surface area contributed by atoms with Gasteiger partial charge in [0.1, 0.15) is 5.69 Å². The smallest absolute Gasteiger partial charge is 0.272 e.